The maximum Gasteiger partial charge on any atom is 0.257 e. The van der Waals surface area contributed by atoms with Crippen LogP contribution in [0.15, 0.2) is 24.5 Å². The summed E-state index contributed by atoms with van der Waals surface area (Å²) in [5.41, 5.74) is 6.62. The number of rotatable bonds is 5. The minimum absolute atomic E-state index is 0.0314. The minimum Gasteiger partial charge on any atom is -0.453 e. The molecule has 2 fully saturated rings. The van der Waals surface area contributed by atoms with Crippen LogP contribution in [0.25, 0.3) is 0 Å². The van der Waals surface area contributed by atoms with Gasteiger partial charge in [-0.05, 0) is 23.6 Å². The maximum atomic E-state index is 15.4. The highest BCUT2D eigenvalue weighted by Crippen LogP contribution is 2.39. The Morgan fingerprint density at radius 1 is 1.38 bits per heavy atom. The number of halogens is 2. The van der Waals surface area contributed by atoms with Crippen LogP contribution in [0.5, 0.6) is 5.88 Å². The van der Waals surface area contributed by atoms with Gasteiger partial charge in [-0.15, -0.1) is 0 Å². The number of nitriles is 1. The maximum absolute atomic E-state index is 15.4. The first-order valence-corrected chi connectivity index (χ1v) is 11.7. The van der Waals surface area contributed by atoms with E-state index < -0.39 is 11.5 Å². The fraction of sp³-hybridized carbons (Fsp3) is 0.542. The standard InChI is InChI=1S/C24H30ClFN6O2/c1-23(2,3)13-32-10-16-12-33-7-6-24(28,17(16)11-32)34-22-20(26)21(29-14-30-22)31-19-5-4-15(9-27)8-18(19)25/h4-5,8,14,16-17H,6-7,10-13,28H2,1-3H3,(H,29,30,31)/t16?,17?,24-/m0/s1. The summed E-state index contributed by atoms with van der Waals surface area (Å²) in [7, 11) is 0. The van der Waals surface area contributed by atoms with Crippen LogP contribution >= 0.6 is 11.6 Å². The second-order valence-corrected chi connectivity index (χ2v) is 10.7. The molecule has 0 amide bonds. The molecule has 2 unspecified atom stereocenters. The number of aromatic nitrogens is 2. The zero-order valence-electron chi connectivity index (χ0n) is 19.6. The highest BCUT2D eigenvalue weighted by molar-refractivity contribution is 6.33. The number of fused-ring (bicyclic) bond motifs is 1. The molecule has 1 aromatic carbocycles. The molecule has 0 aliphatic carbocycles. The molecule has 2 aliphatic rings. The van der Waals surface area contributed by atoms with Gasteiger partial charge in [-0.2, -0.15) is 14.6 Å². The largest absolute Gasteiger partial charge is 0.453 e. The topological polar surface area (TPSA) is 109 Å². The summed E-state index contributed by atoms with van der Waals surface area (Å²) in [6.45, 7) is 10.2. The van der Waals surface area contributed by atoms with Gasteiger partial charge in [0, 0.05) is 37.9 Å². The Morgan fingerprint density at radius 3 is 2.88 bits per heavy atom. The van der Waals surface area contributed by atoms with Gasteiger partial charge in [0.1, 0.15) is 6.33 Å². The van der Waals surface area contributed by atoms with Crippen molar-refractivity contribution in [2.24, 2.45) is 23.0 Å². The molecule has 2 aliphatic heterocycles. The summed E-state index contributed by atoms with van der Waals surface area (Å²) in [5, 5.41) is 12.1. The SMILES string of the molecule is CC(C)(C)CN1CC2COCC[C@](N)(Oc3ncnc(Nc4ccc(C#N)cc4Cl)c3F)C2C1. The summed E-state index contributed by atoms with van der Waals surface area (Å²) in [6.07, 6.45) is 1.64. The third-order valence-electron chi connectivity index (χ3n) is 6.21. The average molecular weight is 489 g/mol. The summed E-state index contributed by atoms with van der Waals surface area (Å²) in [4.78, 5) is 10.4. The summed E-state index contributed by atoms with van der Waals surface area (Å²) < 4.78 is 27.3. The molecule has 0 spiro atoms. The number of hydrogen-bond acceptors (Lipinski definition) is 8. The molecular formula is C24H30ClFN6O2. The molecule has 3 atom stereocenters. The van der Waals surface area contributed by atoms with Crippen molar-refractivity contribution < 1.29 is 13.9 Å². The van der Waals surface area contributed by atoms with Gasteiger partial charge < -0.3 is 19.7 Å². The zero-order valence-corrected chi connectivity index (χ0v) is 20.4. The summed E-state index contributed by atoms with van der Waals surface area (Å²) in [5.74, 6) is -0.924. The molecule has 182 valence electrons. The van der Waals surface area contributed by atoms with E-state index in [0.717, 1.165) is 19.6 Å². The smallest absolute Gasteiger partial charge is 0.257 e. The van der Waals surface area contributed by atoms with Crippen LogP contribution in [0.1, 0.15) is 32.8 Å². The Morgan fingerprint density at radius 2 is 2.18 bits per heavy atom. The molecule has 3 heterocycles. The molecular weight excluding hydrogens is 459 g/mol. The summed E-state index contributed by atoms with van der Waals surface area (Å²) >= 11 is 6.22. The van der Waals surface area contributed by atoms with Crippen LogP contribution in [0.3, 0.4) is 0 Å². The zero-order chi connectivity index (χ0) is 24.5. The predicted molar refractivity (Wildman–Crippen MR) is 127 cm³/mol. The average Bonchev–Trinajstić information content (AvgIpc) is 3.10. The quantitative estimate of drug-likeness (QED) is 0.609. The number of ether oxygens (including phenoxy) is 2. The second-order valence-electron chi connectivity index (χ2n) is 10.3. The van der Waals surface area contributed by atoms with Gasteiger partial charge in [-0.25, -0.2) is 4.98 Å². The highest BCUT2D eigenvalue weighted by Gasteiger charge is 2.49. The van der Waals surface area contributed by atoms with Gasteiger partial charge in [0.25, 0.3) is 5.88 Å². The van der Waals surface area contributed by atoms with Crippen molar-refractivity contribution >= 4 is 23.1 Å². The van der Waals surface area contributed by atoms with Gasteiger partial charge in [-0.1, -0.05) is 32.4 Å². The first kappa shape index (κ1) is 24.6. The number of nitrogens with zero attached hydrogens (tertiary/aromatic N) is 4. The van der Waals surface area contributed by atoms with E-state index in [9.17, 15) is 0 Å². The Bertz CT molecular complexity index is 1090. The molecule has 34 heavy (non-hydrogen) atoms. The molecule has 2 aromatic rings. The predicted octanol–water partition coefficient (Wildman–Crippen LogP) is 3.93. The van der Waals surface area contributed by atoms with Crippen molar-refractivity contribution in [1.29, 1.82) is 5.26 Å². The van der Waals surface area contributed by atoms with E-state index in [0.29, 0.717) is 30.9 Å². The van der Waals surface area contributed by atoms with Crippen molar-refractivity contribution in [1.82, 2.24) is 14.9 Å². The molecule has 10 heteroatoms. The van der Waals surface area contributed by atoms with E-state index in [1.165, 1.54) is 12.4 Å². The van der Waals surface area contributed by atoms with E-state index in [-0.39, 0.29) is 34.0 Å². The minimum atomic E-state index is -1.13. The van der Waals surface area contributed by atoms with E-state index in [2.05, 4.69) is 41.0 Å². The number of nitrogens with two attached hydrogens (primary N) is 1. The monoisotopic (exact) mass is 488 g/mol. The lowest BCUT2D eigenvalue weighted by Crippen LogP contribution is -2.55. The molecule has 4 rings (SSSR count). The van der Waals surface area contributed by atoms with Crippen molar-refractivity contribution in [2.75, 3.05) is 38.2 Å². The van der Waals surface area contributed by atoms with Crippen molar-refractivity contribution in [3.63, 3.8) is 0 Å². The van der Waals surface area contributed by atoms with Crippen molar-refractivity contribution in [3.8, 4) is 11.9 Å². The lowest BCUT2D eigenvalue weighted by molar-refractivity contribution is -0.00669. The van der Waals surface area contributed by atoms with E-state index in [4.69, 9.17) is 32.1 Å². The highest BCUT2D eigenvalue weighted by atomic mass is 35.5. The van der Waals surface area contributed by atoms with E-state index >= 15 is 4.39 Å². The van der Waals surface area contributed by atoms with Gasteiger partial charge in [0.15, 0.2) is 11.5 Å². The fourth-order valence-corrected chi connectivity index (χ4v) is 4.99. The summed E-state index contributed by atoms with van der Waals surface area (Å²) in [6, 6.07) is 6.66. The number of benzene rings is 1. The molecule has 0 bridgehead atoms. The van der Waals surface area contributed by atoms with Crippen molar-refractivity contribution in [2.45, 2.75) is 32.9 Å². The fourth-order valence-electron chi connectivity index (χ4n) is 4.77. The second kappa shape index (κ2) is 9.62. The van der Waals surface area contributed by atoms with Crippen LogP contribution in [0, 0.1) is 34.4 Å². The van der Waals surface area contributed by atoms with Gasteiger partial charge in [0.05, 0.1) is 35.6 Å². The number of likely N-dealkylation sites (tertiary alicyclic amines) is 1. The van der Waals surface area contributed by atoms with E-state index in [1.807, 2.05) is 6.07 Å². The Kier molecular flexibility index (Phi) is 6.97. The molecule has 8 nitrogen and oxygen atoms in total. The lowest BCUT2D eigenvalue weighted by atomic mass is 9.85. The van der Waals surface area contributed by atoms with Crippen LogP contribution in [0.2, 0.25) is 5.02 Å². The van der Waals surface area contributed by atoms with Crippen LogP contribution in [-0.4, -0.2) is 53.4 Å². The van der Waals surface area contributed by atoms with Crippen LogP contribution in [-0.2, 0) is 4.74 Å². The molecule has 2 saturated heterocycles. The number of anilines is 2. The molecule has 1 aromatic heterocycles. The van der Waals surface area contributed by atoms with Crippen molar-refractivity contribution in [3.05, 3.63) is 40.9 Å². The van der Waals surface area contributed by atoms with Gasteiger partial charge in [-0.3, -0.25) is 5.73 Å². The number of hydrogen-bond donors (Lipinski definition) is 2. The molecule has 0 radical (unpaired) electrons. The van der Waals surface area contributed by atoms with Crippen LogP contribution < -0.4 is 15.8 Å². The molecule has 3 N–H and O–H groups in total. The third kappa shape index (κ3) is 5.41. The van der Waals surface area contributed by atoms with Gasteiger partial charge in [0.2, 0.25) is 5.82 Å². The third-order valence-corrected chi connectivity index (χ3v) is 6.52. The first-order valence-electron chi connectivity index (χ1n) is 11.3. The first-order chi connectivity index (χ1) is 16.1. The van der Waals surface area contributed by atoms with E-state index in [1.54, 1.807) is 12.1 Å². The lowest BCUT2D eigenvalue weighted by Gasteiger charge is -2.36. The van der Waals surface area contributed by atoms with Gasteiger partial charge >= 0.3 is 0 Å². The Balaban J connectivity index is 1.56. The van der Waals surface area contributed by atoms with Crippen LogP contribution in [0.4, 0.5) is 15.9 Å². The Hall–Kier alpha value is -2.51. The molecule has 0 saturated carbocycles. The normalized spacial score (nSPS) is 25.3. The Labute approximate surface area is 204 Å². The number of nitrogens with one attached hydrogen (secondary N) is 1.